The molecule has 0 bridgehead atoms. The highest BCUT2D eigenvalue weighted by molar-refractivity contribution is 5.86. The number of amides is 3. The van der Waals surface area contributed by atoms with Crippen molar-refractivity contribution < 1.29 is 9.59 Å². The second kappa shape index (κ2) is 5.77. The molecular weight excluding hydrogens is 254 g/mol. The third-order valence-corrected chi connectivity index (χ3v) is 3.53. The summed E-state index contributed by atoms with van der Waals surface area (Å²) in [5.74, 6) is 0. The van der Waals surface area contributed by atoms with Gasteiger partial charge in [-0.3, -0.25) is 9.69 Å². The maximum atomic E-state index is 12.0. The number of nitrogens with zero attached hydrogens (tertiary/aromatic N) is 2. The highest BCUT2D eigenvalue weighted by Crippen LogP contribution is 2.22. The summed E-state index contributed by atoms with van der Waals surface area (Å²) in [6.45, 7) is 4.95. The molecule has 0 aliphatic heterocycles. The quantitative estimate of drug-likeness (QED) is 0.870. The molecule has 1 aromatic heterocycles. The Balaban J connectivity index is 2.28. The number of benzene rings is 1. The van der Waals surface area contributed by atoms with E-state index < -0.39 is 0 Å². The van der Waals surface area contributed by atoms with E-state index in [1.807, 2.05) is 32.0 Å². The van der Waals surface area contributed by atoms with Crippen LogP contribution in [0.4, 0.5) is 4.79 Å². The predicted molar refractivity (Wildman–Crippen MR) is 78.3 cm³/mol. The van der Waals surface area contributed by atoms with Gasteiger partial charge in [0.1, 0.15) is 0 Å². The first-order valence-electron chi connectivity index (χ1n) is 6.61. The number of rotatable bonds is 4. The van der Waals surface area contributed by atoms with Gasteiger partial charge >= 0.3 is 6.03 Å². The van der Waals surface area contributed by atoms with Crippen molar-refractivity contribution >= 4 is 23.3 Å². The molecule has 0 aliphatic rings. The van der Waals surface area contributed by atoms with Crippen molar-refractivity contribution in [2.24, 2.45) is 0 Å². The van der Waals surface area contributed by atoms with E-state index in [-0.39, 0.29) is 6.03 Å². The normalized spacial score (nSPS) is 10.6. The maximum absolute atomic E-state index is 12.0. The summed E-state index contributed by atoms with van der Waals surface area (Å²) >= 11 is 0. The van der Waals surface area contributed by atoms with E-state index in [1.165, 1.54) is 7.05 Å². The lowest BCUT2D eigenvalue weighted by molar-refractivity contribution is -0.115. The van der Waals surface area contributed by atoms with E-state index in [9.17, 15) is 9.59 Å². The number of carbonyl (C=O) groups is 2. The molecule has 2 aromatic rings. The van der Waals surface area contributed by atoms with Gasteiger partial charge in [-0.25, -0.2) is 4.79 Å². The molecule has 3 amide bonds. The predicted octanol–water partition coefficient (Wildman–Crippen LogP) is 2.51. The van der Waals surface area contributed by atoms with Crippen LogP contribution in [-0.4, -0.2) is 40.8 Å². The summed E-state index contributed by atoms with van der Waals surface area (Å²) in [7, 11) is 1.47. The molecule has 0 fully saturated rings. The molecule has 2 rings (SSSR count). The number of hydrogen-bond donors (Lipinski definition) is 1. The monoisotopic (exact) mass is 273 g/mol. The molecular formula is C15H19N3O2. The van der Waals surface area contributed by atoms with Crippen LogP contribution in [0.15, 0.2) is 24.3 Å². The zero-order chi connectivity index (χ0) is 14.7. The number of carbonyl (C=O) groups excluding carboxylic acids is 2. The lowest BCUT2D eigenvalue weighted by atomic mass is 10.1. The number of nitrogens with one attached hydrogen (secondary N) is 1. The van der Waals surface area contributed by atoms with Gasteiger partial charge in [0.05, 0.1) is 6.54 Å². The Morgan fingerprint density at radius 3 is 2.65 bits per heavy atom. The van der Waals surface area contributed by atoms with Gasteiger partial charge in [0, 0.05) is 30.2 Å². The summed E-state index contributed by atoms with van der Waals surface area (Å²) in [6, 6.07) is 7.75. The fourth-order valence-electron chi connectivity index (χ4n) is 2.27. The van der Waals surface area contributed by atoms with E-state index in [2.05, 4.69) is 11.1 Å². The summed E-state index contributed by atoms with van der Waals surface area (Å²) in [5, 5.41) is 1.16. The highest BCUT2D eigenvalue weighted by atomic mass is 16.2. The van der Waals surface area contributed by atoms with Crippen LogP contribution in [0.5, 0.6) is 0 Å². The second-order valence-corrected chi connectivity index (χ2v) is 4.79. The molecule has 0 unspecified atom stereocenters. The minimum Gasteiger partial charge on any atom is -0.357 e. The van der Waals surface area contributed by atoms with Gasteiger partial charge in [-0.15, -0.1) is 0 Å². The van der Waals surface area contributed by atoms with Gasteiger partial charge in [-0.05, 0) is 25.5 Å². The minimum atomic E-state index is -0.291. The third kappa shape index (κ3) is 2.52. The molecule has 5 heteroatoms. The van der Waals surface area contributed by atoms with Crippen molar-refractivity contribution in [1.82, 2.24) is 14.8 Å². The van der Waals surface area contributed by atoms with Crippen molar-refractivity contribution in [2.45, 2.75) is 20.4 Å². The SMILES string of the molecule is CCN(Cc1[nH]c2ccccc2c1C)C(=O)N(C)C=O. The standard InChI is InChI=1S/C15H19N3O2/c1-4-18(15(20)17(3)10-19)9-14-11(2)12-7-5-6-8-13(12)16-14/h5-8,10,16H,4,9H2,1-3H3. The molecule has 5 nitrogen and oxygen atoms in total. The molecule has 1 N–H and O–H groups in total. The molecule has 0 saturated carbocycles. The van der Waals surface area contributed by atoms with Crippen LogP contribution >= 0.6 is 0 Å². The molecule has 106 valence electrons. The van der Waals surface area contributed by atoms with E-state index in [0.717, 1.165) is 27.1 Å². The Kier molecular flexibility index (Phi) is 4.08. The minimum absolute atomic E-state index is 0.291. The second-order valence-electron chi connectivity index (χ2n) is 4.79. The molecule has 0 atom stereocenters. The van der Waals surface area contributed by atoms with Crippen LogP contribution in [-0.2, 0) is 11.3 Å². The van der Waals surface area contributed by atoms with E-state index in [1.54, 1.807) is 4.90 Å². The van der Waals surface area contributed by atoms with Crippen molar-refractivity contribution in [3.8, 4) is 0 Å². The van der Waals surface area contributed by atoms with Gasteiger partial charge in [0.15, 0.2) is 0 Å². The number of hydrogen-bond acceptors (Lipinski definition) is 2. The van der Waals surface area contributed by atoms with E-state index in [4.69, 9.17) is 0 Å². The first-order chi connectivity index (χ1) is 9.58. The maximum Gasteiger partial charge on any atom is 0.326 e. The van der Waals surface area contributed by atoms with Crippen LogP contribution in [0.25, 0.3) is 10.9 Å². The van der Waals surface area contributed by atoms with Crippen LogP contribution < -0.4 is 0 Å². The Morgan fingerprint density at radius 1 is 1.35 bits per heavy atom. The fraction of sp³-hybridized carbons (Fsp3) is 0.333. The molecule has 1 aromatic carbocycles. The number of aromatic amines is 1. The Labute approximate surface area is 118 Å². The average molecular weight is 273 g/mol. The Morgan fingerprint density at radius 2 is 2.05 bits per heavy atom. The van der Waals surface area contributed by atoms with Crippen molar-refractivity contribution in [1.29, 1.82) is 0 Å². The summed E-state index contributed by atoms with van der Waals surface area (Å²) < 4.78 is 0. The first-order valence-corrected chi connectivity index (χ1v) is 6.61. The summed E-state index contributed by atoms with van der Waals surface area (Å²) in [5.41, 5.74) is 3.20. The van der Waals surface area contributed by atoms with Crippen molar-refractivity contribution in [2.75, 3.05) is 13.6 Å². The molecule has 20 heavy (non-hydrogen) atoms. The number of para-hydroxylation sites is 1. The van der Waals surface area contributed by atoms with Gasteiger partial charge in [0.25, 0.3) is 0 Å². The summed E-state index contributed by atoms with van der Waals surface area (Å²) in [4.78, 5) is 28.8. The number of fused-ring (bicyclic) bond motifs is 1. The molecule has 0 aliphatic carbocycles. The largest absolute Gasteiger partial charge is 0.357 e. The first kappa shape index (κ1) is 14.1. The lowest BCUT2D eigenvalue weighted by Gasteiger charge is -2.23. The van der Waals surface area contributed by atoms with Crippen molar-refractivity contribution in [3.63, 3.8) is 0 Å². The van der Waals surface area contributed by atoms with Crippen LogP contribution in [0.2, 0.25) is 0 Å². The molecule has 0 radical (unpaired) electrons. The number of H-pyrrole nitrogens is 1. The highest BCUT2D eigenvalue weighted by Gasteiger charge is 2.18. The topological polar surface area (TPSA) is 56.4 Å². The zero-order valence-electron chi connectivity index (χ0n) is 12.0. The Bertz CT molecular complexity index is 633. The van der Waals surface area contributed by atoms with E-state index in [0.29, 0.717) is 19.5 Å². The fourth-order valence-corrected chi connectivity index (χ4v) is 2.27. The van der Waals surface area contributed by atoms with Crippen LogP contribution in [0, 0.1) is 6.92 Å². The molecule has 0 spiro atoms. The lowest BCUT2D eigenvalue weighted by Crippen LogP contribution is -2.40. The van der Waals surface area contributed by atoms with Gasteiger partial charge in [0.2, 0.25) is 6.41 Å². The smallest absolute Gasteiger partial charge is 0.326 e. The van der Waals surface area contributed by atoms with Gasteiger partial charge in [-0.1, -0.05) is 18.2 Å². The van der Waals surface area contributed by atoms with Gasteiger partial charge < -0.3 is 9.88 Å². The van der Waals surface area contributed by atoms with Gasteiger partial charge in [-0.2, -0.15) is 0 Å². The number of urea groups is 1. The van der Waals surface area contributed by atoms with Crippen LogP contribution in [0.3, 0.4) is 0 Å². The number of aromatic nitrogens is 1. The number of imide groups is 1. The molecule has 0 saturated heterocycles. The van der Waals surface area contributed by atoms with Crippen molar-refractivity contribution in [3.05, 3.63) is 35.5 Å². The number of aryl methyl sites for hydroxylation is 1. The Hall–Kier alpha value is -2.30. The summed E-state index contributed by atoms with van der Waals surface area (Å²) in [6.07, 6.45) is 0.531. The van der Waals surface area contributed by atoms with Crippen LogP contribution in [0.1, 0.15) is 18.2 Å². The van der Waals surface area contributed by atoms with E-state index >= 15 is 0 Å². The third-order valence-electron chi connectivity index (χ3n) is 3.53. The zero-order valence-corrected chi connectivity index (χ0v) is 12.0. The average Bonchev–Trinajstić information content (AvgIpc) is 2.80. The molecule has 1 heterocycles.